The molecule has 4 nitrogen and oxygen atoms in total. The quantitative estimate of drug-likeness (QED) is 0.646. The molecule has 10 heteroatoms. The van der Waals surface area contributed by atoms with Gasteiger partial charge in [-0.2, -0.15) is 26.3 Å². The summed E-state index contributed by atoms with van der Waals surface area (Å²) in [5.74, 6) is -2.77. The number of benzene rings is 1. The first-order valence-electron chi connectivity index (χ1n) is 5.72. The average Bonchev–Trinajstić information content (AvgIpc) is 2.35. The standard InChI is InChI=1S/C12H10F6N2O2/c1-5(20-10(22)9(19)21)7-3-2-6(11(13,14)15)4-8(7)12(16,17)18/h2-5H,1H3,(H2,19,21)(H,20,22)/t5-/m1/s1. The van der Waals surface area contributed by atoms with Crippen LogP contribution >= 0.6 is 0 Å². The smallest absolute Gasteiger partial charge is 0.361 e. The Morgan fingerprint density at radius 1 is 1.09 bits per heavy atom. The number of hydrogen-bond donors (Lipinski definition) is 2. The van der Waals surface area contributed by atoms with Gasteiger partial charge < -0.3 is 11.1 Å². The maximum atomic E-state index is 12.9. The lowest BCUT2D eigenvalue weighted by Crippen LogP contribution is -2.38. The first kappa shape index (κ1) is 17.8. The highest BCUT2D eigenvalue weighted by Crippen LogP contribution is 2.39. The average molecular weight is 328 g/mol. The molecule has 0 spiro atoms. The van der Waals surface area contributed by atoms with Gasteiger partial charge in [0.2, 0.25) is 0 Å². The second-order valence-corrected chi connectivity index (χ2v) is 4.36. The molecule has 0 aliphatic rings. The molecule has 0 aromatic heterocycles. The second-order valence-electron chi connectivity index (χ2n) is 4.36. The van der Waals surface area contributed by atoms with Crippen molar-refractivity contribution < 1.29 is 35.9 Å². The SMILES string of the molecule is C[C@@H](NC(=O)C(N)=O)c1ccc(C(F)(F)F)cc1C(F)(F)F. The van der Waals surface area contributed by atoms with Gasteiger partial charge >= 0.3 is 24.2 Å². The van der Waals surface area contributed by atoms with Crippen molar-refractivity contribution in [2.24, 2.45) is 5.73 Å². The van der Waals surface area contributed by atoms with E-state index in [4.69, 9.17) is 0 Å². The van der Waals surface area contributed by atoms with Crippen molar-refractivity contribution in [1.82, 2.24) is 5.32 Å². The van der Waals surface area contributed by atoms with E-state index >= 15 is 0 Å². The van der Waals surface area contributed by atoms with Gasteiger partial charge in [-0.25, -0.2) is 0 Å². The van der Waals surface area contributed by atoms with Crippen LogP contribution in [-0.2, 0) is 21.9 Å². The van der Waals surface area contributed by atoms with Gasteiger partial charge in [0.15, 0.2) is 0 Å². The Morgan fingerprint density at radius 3 is 2.05 bits per heavy atom. The third-order valence-corrected chi connectivity index (χ3v) is 2.72. The fraction of sp³-hybridized carbons (Fsp3) is 0.333. The predicted octanol–water partition coefficient (Wildman–Crippen LogP) is 2.39. The summed E-state index contributed by atoms with van der Waals surface area (Å²) < 4.78 is 76.2. The lowest BCUT2D eigenvalue weighted by Gasteiger charge is -2.20. The highest BCUT2D eigenvalue weighted by molar-refractivity contribution is 6.34. The Bertz CT molecular complexity index is 594. The minimum atomic E-state index is -5.07. The number of hydrogen-bond acceptors (Lipinski definition) is 2. The van der Waals surface area contributed by atoms with Crippen molar-refractivity contribution in [2.45, 2.75) is 25.3 Å². The molecule has 1 aromatic rings. The van der Waals surface area contributed by atoms with Crippen LogP contribution < -0.4 is 11.1 Å². The molecule has 1 aromatic carbocycles. The number of rotatable bonds is 2. The minimum Gasteiger partial charge on any atom is -0.361 e. The van der Waals surface area contributed by atoms with Crippen LogP contribution in [-0.4, -0.2) is 11.8 Å². The van der Waals surface area contributed by atoms with Crippen LogP contribution in [0.25, 0.3) is 0 Å². The van der Waals surface area contributed by atoms with Gasteiger partial charge in [-0.15, -0.1) is 0 Å². The molecule has 0 heterocycles. The van der Waals surface area contributed by atoms with Crippen molar-refractivity contribution in [1.29, 1.82) is 0 Å². The van der Waals surface area contributed by atoms with Gasteiger partial charge in [-0.1, -0.05) is 6.07 Å². The largest absolute Gasteiger partial charge is 0.416 e. The number of halogens is 6. The summed E-state index contributed by atoms with van der Waals surface area (Å²) >= 11 is 0. The van der Waals surface area contributed by atoms with Crippen LogP contribution in [0.1, 0.15) is 29.7 Å². The molecule has 0 aliphatic heterocycles. The summed E-state index contributed by atoms with van der Waals surface area (Å²) in [7, 11) is 0. The summed E-state index contributed by atoms with van der Waals surface area (Å²) in [4.78, 5) is 21.6. The van der Waals surface area contributed by atoms with Crippen molar-refractivity contribution in [3.05, 3.63) is 34.9 Å². The lowest BCUT2D eigenvalue weighted by molar-refractivity contribution is -0.143. The highest BCUT2D eigenvalue weighted by atomic mass is 19.4. The van der Waals surface area contributed by atoms with E-state index in [9.17, 15) is 35.9 Å². The number of carbonyl (C=O) groups excluding carboxylic acids is 2. The van der Waals surface area contributed by atoms with Gasteiger partial charge in [-0.3, -0.25) is 9.59 Å². The van der Waals surface area contributed by atoms with Crippen LogP contribution in [0, 0.1) is 0 Å². The maximum absolute atomic E-state index is 12.9. The fourth-order valence-corrected chi connectivity index (χ4v) is 1.70. The zero-order valence-electron chi connectivity index (χ0n) is 11.0. The van der Waals surface area contributed by atoms with Crippen LogP contribution in [0.3, 0.4) is 0 Å². The Kier molecular flexibility index (Phi) is 4.73. The Balaban J connectivity index is 3.30. The van der Waals surface area contributed by atoms with Crippen molar-refractivity contribution in [3.63, 3.8) is 0 Å². The number of primary amides is 1. The molecular weight excluding hydrogens is 318 g/mol. The molecule has 1 atom stereocenters. The van der Waals surface area contributed by atoms with Crippen LogP contribution in [0.5, 0.6) is 0 Å². The second kappa shape index (κ2) is 5.85. The number of nitrogens with two attached hydrogens (primary N) is 1. The molecule has 1 rings (SSSR count). The number of alkyl halides is 6. The van der Waals surface area contributed by atoms with E-state index in [0.717, 1.165) is 6.92 Å². The summed E-state index contributed by atoms with van der Waals surface area (Å²) in [6.07, 6.45) is -10.0. The van der Waals surface area contributed by atoms with E-state index in [1.165, 1.54) is 0 Å². The van der Waals surface area contributed by atoms with E-state index in [-0.39, 0.29) is 6.07 Å². The normalized spacial score (nSPS) is 13.6. The van der Waals surface area contributed by atoms with E-state index in [0.29, 0.717) is 12.1 Å². The minimum absolute atomic E-state index is 0.0533. The molecule has 0 saturated heterocycles. The van der Waals surface area contributed by atoms with E-state index < -0.39 is 46.9 Å². The Morgan fingerprint density at radius 2 is 1.64 bits per heavy atom. The molecule has 22 heavy (non-hydrogen) atoms. The topological polar surface area (TPSA) is 72.2 Å². The van der Waals surface area contributed by atoms with Crippen molar-refractivity contribution in [2.75, 3.05) is 0 Å². The van der Waals surface area contributed by atoms with Crippen molar-refractivity contribution >= 4 is 11.8 Å². The van der Waals surface area contributed by atoms with E-state index in [1.54, 1.807) is 0 Å². The molecule has 3 N–H and O–H groups in total. The molecule has 0 saturated carbocycles. The van der Waals surface area contributed by atoms with Gasteiger partial charge in [0.1, 0.15) is 0 Å². The Hall–Kier alpha value is -2.26. The third-order valence-electron chi connectivity index (χ3n) is 2.72. The van der Waals surface area contributed by atoms with Gasteiger partial charge in [0, 0.05) is 0 Å². The molecule has 0 aliphatic carbocycles. The summed E-state index contributed by atoms with van der Waals surface area (Å²) in [5, 5.41) is 1.87. The van der Waals surface area contributed by atoms with Crippen molar-refractivity contribution in [3.8, 4) is 0 Å². The molecule has 0 radical (unpaired) electrons. The highest BCUT2D eigenvalue weighted by Gasteiger charge is 2.39. The fourth-order valence-electron chi connectivity index (χ4n) is 1.70. The first-order valence-corrected chi connectivity index (χ1v) is 5.72. The summed E-state index contributed by atoms with van der Waals surface area (Å²) in [6.45, 7) is 1.08. The zero-order valence-corrected chi connectivity index (χ0v) is 11.0. The lowest BCUT2D eigenvalue weighted by atomic mass is 9.98. The summed E-state index contributed by atoms with van der Waals surface area (Å²) in [5.41, 5.74) is 0.999. The monoisotopic (exact) mass is 328 g/mol. The maximum Gasteiger partial charge on any atom is 0.416 e. The molecular formula is C12H10F6N2O2. The van der Waals surface area contributed by atoms with Crippen LogP contribution in [0.2, 0.25) is 0 Å². The zero-order chi connectivity index (χ0) is 17.3. The first-order chi connectivity index (χ1) is 9.84. The summed E-state index contributed by atoms with van der Waals surface area (Å²) in [6, 6.07) is -0.365. The van der Waals surface area contributed by atoms with Gasteiger partial charge in [0.25, 0.3) is 0 Å². The predicted molar refractivity (Wildman–Crippen MR) is 62.2 cm³/mol. The Labute approximate surface area is 120 Å². The van der Waals surface area contributed by atoms with Gasteiger partial charge in [-0.05, 0) is 24.6 Å². The molecule has 2 amide bonds. The van der Waals surface area contributed by atoms with Crippen LogP contribution in [0.4, 0.5) is 26.3 Å². The number of amides is 2. The molecule has 122 valence electrons. The van der Waals surface area contributed by atoms with E-state index in [1.807, 2.05) is 5.32 Å². The van der Waals surface area contributed by atoms with Gasteiger partial charge in [0.05, 0.1) is 17.2 Å². The number of carbonyl (C=O) groups is 2. The van der Waals surface area contributed by atoms with E-state index in [2.05, 4.69) is 5.73 Å². The third kappa shape index (κ3) is 4.12. The molecule has 0 fully saturated rings. The number of nitrogens with one attached hydrogen (secondary N) is 1. The molecule has 0 bridgehead atoms. The van der Waals surface area contributed by atoms with Crippen LogP contribution in [0.15, 0.2) is 18.2 Å². The molecule has 0 unspecified atom stereocenters.